The standard InChI is InChI=1S/C15H24N2O2/c1-18-11-19-15-4-2-3-14(9-15)17-10-12-5-7-13(16)8-6-12/h2-4,9,12-13,17H,5-8,10-11,16H2,1H3. The summed E-state index contributed by atoms with van der Waals surface area (Å²) in [5, 5.41) is 3.48. The van der Waals surface area contributed by atoms with E-state index in [0.717, 1.165) is 36.7 Å². The van der Waals surface area contributed by atoms with Gasteiger partial charge in [0.05, 0.1) is 0 Å². The van der Waals surface area contributed by atoms with Crippen LogP contribution in [0.4, 0.5) is 5.69 Å². The van der Waals surface area contributed by atoms with Crippen LogP contribution < -0.4 is 15.8 Å². The third-order valence-corrected chi connectivity index (χ3v) is 3.66. The molecule has 0 heterocycles. The summed E-state index contributed by atoms with van der Waals surface area (Å²) in [6, 6.07) is 8.41. The van der Waals surface area contributed by atoms with Crippen LogP contribution in [-0.4, -0.2) is 26.5 Å². The minimum Gasteiger partial charge on any atom is -0.467 e. The summed E-state index contributed by atoms with van der Waals surface area (Å²) in [7, 11) is 1.62. The van der Waals surface area contributed by atoms with Crippen LogP contribution in [0.1, 0.15) is 25.7 Å². The molecule has 0 aromatic heterocycles. The van der Waals surface area contributed by atoms with E-state index in [2.05, 4.69) is 11.4 Å². The normalized spacial score (nSPS) is 23.1. The minimum absolute atomic E-state index is 0.282. The van der Waals surface area contributed by atoms with Crippen molar-refractivity contribution in [3.05, 3.63) is 24.3 Å². The zero-order valence-corrected chi connectivity index (χ0v) is 11.6. The monoisotopic (exact) mass is 264 g/mol. The van der Waals surface area contributed by atoms with Gasteiger partial charge in [-0.3, -0.25) is 0 Å². The fourth-order valence-corrected chi connectivity index (χ4v) is 2.48. The molecule has 2 rings (SSSR count). The maximum atomic E-state index is 5.92. The van der Waals surface area contributed by atoms with Gasteiger partial charge in [-0.05, 0) is 43.7 Å². The van der Waals surface area contributed by atoms with Gasteiger partial charge in [0.15, 0.2) is 6.79 Å². The number of nitrogens with one attached hydrogen (secondary N) is 1. The van der Waals surface area contributed by atoms with Crippen molar-refractivity contribution >= 4 is 5.69 Å². The molecule has 0 aliphatic heterocycles. The summed E-state index contributed by atoms with van der Waals surface area (Å²) in [6.07, 6.45) is 4.77. The predicted octanol–water partition coefficient (Wildman–Crippen LogP) is 2.60. The second-order valence-corrected chi connectivity index (χ2v) is 5.24. The number of rotatable bonds is 6. The first kappa shape index (κ1) is 14.2. The van der Waals surface area contributed by atoms with Crippen LogP contribution in [0.15, 0.2) is 24.3 Å². The Morgan fingerprint density at radius 2 is 2.05 bits per heavy atom. The van der Waals surface area contributed by atoms with Crippen molar-refractivity contribution < 1.29 is 9.47 Å². The van der Waals surface area contributed by atoms with E-state index >= 15 is 0 Å². The number of nitrogens with two attached hydrogens (primary N) is 1. The van der Waals surface area contributed by atoms with Crippen LogP contribution in [0.5, 0.6) is 5.75 Å². The average molecular weight is 264 g/mol. The molecule has 1 saturated carbocycles. The number of anilines is 1. The molecular formula is C15H24N2O2. The Kier molecular flexibility index (Phi) is 5.48. The van der Waals surface area contributed by atoms with Gasteiger partial charge in [0, 0.05) is 31.5 Å². The number of ether oxygens (including phenoxy) is 2. The van der Waals surface area contributed by atoms with Gasteiger partial charge >= 0.3 is 0 Å². The second kappa shape index (κ2) is 7.36. The first-order valence-corrected chi connectivity index (χ1v) is 6.99. The summed E-state index contributed by atoms with van der Waals surface area (Å²) in [4.78, 5) is 0. The molecule has 0 atom stereocenters. The van der Waals surface area contributed by atoms with Crippen LogP contribution in [-0.2, 0) is 4.74 Å². The SMILES string of the molecule is COCOc1cccc(NCC2CCC(N)CC2)c1. The van der Waals surface area contributed by atoms with Crippen LogP contribution in [0.2, 0.25) is 0 Å². The molecule has 4 nitrogen and oxygen atoms in total. The lowest BCUT2D eigenvalue weighted by molar-refractivity contribution is 0.0512. The molecular weight excluding hydrogens is 240 g/mol. The first-order valence-electron chi connectivity index (χ1n) is 6.99. The quantitative estimate of drug-likeness (QED) is 0.775. The van der Waals surface area contributed by atoms with Crippen molar-refractivity contribution in [2.45, 2.75) is 31.7 Å². The topological polar surface area (TPSA) is 56.5 Å². The van der Waals surface area contributed by atoms with Gasteiger partial charge in [0.25, 0.3) is 0 Å². The first-order chi connectivity index (χ1) is 9.28. The molecule has 4 heteroatoms. The Morgan fingerprint density at radius 1 is 1.26 bits per heavy atom. The van der Waals surface area contributed by atoms with E-state index in [9.17, 15) is 0 Å². The molecule has 3 N–H and O–H groups in total. The highest BCUT2D eigenvalue weighted by Gasteiger charge is 2.17. The van der Waals surface area contributed by atoms with E-state index in [4.69, 9.17) is 15.2 Å². The Morgan fingerprint density at radius 3 is 2.79 bits per heavy atom. The van der Waals surface area contributed by atoms with E-state index in [1.807, 2.05) is 18.2 Å². The van der Waals surface area contributed by atoms with Crippen LogP contribution in [0, 0.1) is 5.92 Å². The van der Waals surface area contributed by atoms with E-state index in [1.54, 1.807) is 7.11 Å². The van der Waals surface area contributed by atoms with Gasteiger partial charge in [-0.1, -0.05) is 6.07 Å². The van der Waals surface area contributed by atoms with Crippen molar-refractivity contribution in [1.29, 1.82) is 0 Å². The lowest BCUT2D eigenvalue weighted by Crippen LogP contribution is -2.29. The molecule has 1 fully saturated rings. The van der Waals surface area contributed by atoms with Crippen molar-refractivity contribution in [3.63, 3.8) is 0 Å². The molecule has 0 spiro atoms. The van der Waals surface area contributed by atoms with Crippen molar-refractivity contribution in [3.8, 4) is 5.75 Å². The van der Waals surface area contributed by atoms with Crippen LogP contribution in [0.3, 0.4) is 0 Å². The minimum atomic E-state index is 0.282. The zero-order valence-electron chi connectivity index (χ0n) is 11.6. The third-order valence-electron chi connectivity index (χ3n) is 3.66. The molecule has 1 aliphatic rings. The van der Waals surface area contributed by atoms with Gasteiger partial charge < -0.3 is 20.5 Å². The van der Waals surface area contributed by atoms with Crippen LogP contribution >= 0.6 is 0 Å². The fourth-order valence-electron chi connectivity index (χ4n) is 2.48. The van der Waals surface area contributed by atoms with Gasteiger partial charge in [-0.2, -0.15) is 0 Å². The van der Waals surface area contributed by atoms with Crippen molar-refractivity contribution in [2.24, 2.45) is 11.7 Å². The molecule has 1 aliphatic carbocycles. The molecule has 1 aromatic rings. The molecule has 0 unspecified atom stereocenters. The zero-order chi connectivity index (χ0) is 13.5. The number of hydrogen-bond donors (Lipinski definition) is 2. The summed E-state index contributed by atoms with van der Waals surface area (Å²) in [5.74, 6) is 1.57. The van der Waals surface area contributed by atoms with E-state index < -0.39 is 0 Å². The van der Waals surface area contributed by atoms with Crippen molar-refractivity contribution in [2.75, 3.05) is 25.8 Å². The molecule has 106 valence electrons. The maximum absolute atomic E-state index is 5.92. The summed E-state index contributed by atoms with van der Waals surface area (Å²) in [5.41, 5.74) is 7.02. The van der Waals surface area contributed by atoms with Gasteiger partial charge in [-0.25, -0.2) is 0 Å². The van der Waals surface area contributed by atoms with Crippen LogP contribution in [0.25, 0.3) is 0 Å². The molecule has 0 radical (unpaired) electrons. The van der Waals surface area contributed by atoms with E-state index in [1.165, 1.54) is 12.8 Å². The number of hydrogen-bond acceptors (Lipinski definition) is 4. The van der Waals surface area contributed by atoms with Crippen molar-refractivity contribution in [1.82, 2.24) is 0 Å². The highest BCUT2D eigenvalue weighted by Crippen LogP contribution is 2.24. The number of methoxy groups -OCH3 is 1. The maximum Gasteiger partial charge on any atom is 0.188 e. The average Bonchev–Trinajstić information content (AvgIpc) is 2.45. The predicted molar refractivity (Wildman–Crippen MR) is 77.4 cm³/mol. The summed E-state index contributed by atoms with van der Waals surface area (Å²) >= 11 is 0. The van der Waals surface area contributed by atoms with Gasteiger partial charge in [0.1, 0.15) is 5.75 Å². The Labute approximate surface area is 115 Å². The lowest BCUT2D eigenvalue weighted by Gasteiger charge is -2.26. The highest BCUT2D eigenvalue weighted by molar-refractivity contribution is 5.48. The molecule has 1 aromatic carbocycles. The van der Waals surface area contributed by atoms with Gasteiger partial charge in [0.2, 0.25) is 0 Å². The number of benzene rings is 1. The molecule has 0 bridgehead atoms. The fraction of sp³-hybridized carbons (Fsp3) is 0.600. The summed E-state index contributed by atoms with van der Waals surface area (Å²) < 4.78 is 10.3. The Bertz CT molecular complexity index is 376. The highest BCUT2D eigenvalue weighted by atomic mass is 16.7. The Hall–Kier alpha value is -1.26. The third kappa shape index (κ3) is 4.73. The summed E-state index contributed by atoms with van der Waals surface area (Å²) in [6.45, 7) is 1.30. The molecule has 19 heavy (non-hydrogen) atoms. The van der Waals surface area contributed by atoms with E-state index in [-0.39, 0.29) is 6.79 Å². The van der Waals surface area contributed by atoms with E-state index in [0.29, 0.717) is 6.04 Å². The Balaban J connectivity index is 1.78. The second-order valence-electron chi connectivity index (χ2n) is 5.24. The lowest BCUT2D eigenvalue weighted by atomic mass is 9.86. The largest absolute Gasteiger partial charge is 0.467 e. The smallest absolute Gasteiger partial charge is 0.188 e. The molecule has 0 saturated heterocycles. The molecule has 0 amide bonds. The van der Waals surface area contributed by atoms with Gasteiger partial charge in [-0.15, -0.1) is 0 Å².